The largest absolute Gasteiger partial charge is 0.462 e. The average Bonchev–Trinajstić information content (AvgIpc) is 3.50. The van der Waals surface area contributed by atoms with Crippen LogP contribution in [0.3, 0.4) is 0 Å². The van der Waals surface area contributed by atoms with Crippen LogP contribution in [0, 0.1) is 0 Å². The first-order chi connectivity index (χ1) is 16.6. The molecule has 1 N–H and O–H groups in total. The van der Waals surface area contributed by atoms with Gasteiger partial charge in [-0.05, 0) is 50.7 Å². The van der Waals surface area contributed by atoms with Crippen LogP contribution in [0.2, 0.25) is 0 Å². The van der Waals surface area contributed by atoms with Crippen LogP contribution >= 0.6 is 0 Å². The lowest BCUT2D eigenvalue weighted by molar-refractivity contribution is -0.156. The molecule has 7 heteroatoms. The Balaban J connectivity index is 0.000000169. The summed E-state index contributed by atoms with van der Waals surface area (Å²) in [6, 6.07) is 14.9. The molecule has 1 unspecified atom stereocenters. The number of fused-ring (bicyclic) bond motifs is 5. The lowest BCUT2D eigenvalue weighted by Crippen LogP contribution is -2.48. The van der Waals surface area contributed by atoms with Gasteiger partial charge in [-0.3, -0.25) is 19.6 Å². The predicted molar refractivity (Wildman–Crippen MR) is 128 cm³/mol. The molecule has 5 heterocycles. The second-order valence-corrected chi connectivity index (χ2v) is 9.97. The number of epoxide rings is 1. The van der Waals surface area contributed by atoms with Gasteiger partial charge >= 0.3 is 5.97 Å². The highest BCUT2D eigenvalue weighted by atomic mass is 16.6. The minimum Gasteiger partial charge on any atom is -0.462 e. The molecule has 4 saturated heterocycles. The summed E-state index contributed by atoms with van der Waals surface area (Å²) in [5.74, 6) is -0.915. The number of hydrogen-bond acceptors (Lipinski definition) is 7. The number of hydrogen-bond donors (Lipinski definition) is 1. The molecule has 4 aliphatic rings. The lowest BCUT2D eigenvalue weighted by atomic mass is 9.97. The molecule has 2 bridgehead atoms. The van der Waals surface area contributed by atoms with Crippen molar-refractivity contribution >= 4 is 5.97 Å². The Labute approximate surface area is 201 Å². The normalized spacial score (nSPS) is 32.9. The number of morpholine rings is 1. The van der Waals surface area contributed by atoms with E-state index in [9.17, 15) is 9.90 Å². The first-order valence-corrected chi connectivity index (χ1v) is 12.4. The maximum atomic E-state index is 12.4. The van der Waals surface area contributed by atoms with E-state index in [0.717, 1.165) is 18.4 Å². The third-order valence-electron chi connectivity index (χ3n) is 7.92. The van der Waals surface area contributed by atoms with Gasteiger partial charge in [0.1, 0.15) is 24.2 Å². The SMILES string of the molecule is CN1CCC[C@H]1c1cccnc1.CN1[C@@H]2CC(OC(=O)[C@H](CO)c3ccccc3)C[C@H]1[C@@H]1O[C@@H]12. The Hall–Kier alpha value is -2.32. The number of esters is 1. The zero-order chi connectivity index (χ0) is 23.7. The molecule has 2 aromatic rings. The summed E-state index contributed by atoms with van der Waals surface area (Å²) in [7, 11) is 4.31. The maximum Gasteiger partial charge on any atom is 0.316 e. The van der Waals surface area contributed by atoms with Crippen LogP contribution in [-0.4, -0.2) is 83.5 Å². The van der Waals surface area contributed by atoms with Gasteiger partial charge in [-0.15, -0.1) is 0 Å². The van der Waals surface area contributed by atoms with Crippen LogP contribution in [0.25, 0.3) is 0 Å². The van der Waals surface area contributed by atoms with Crippen molar-refractivity contribution in [1.29, 1.82) is 0 Å². The summed E-state index contributed by atoms with van der Waals surface area (Å²) >= 11 is 0. The second-order valence-electron chi connectivity index (χ2n) is 9.97. The average molecular weight is 466 g/mol. The molecule has 1 aromatic carbocycles. The van der Waals surface area contributed by atoms with Gasteiger partial charge in [0.2, 0.25) is 0 Å². The number of benzene rings is 1. The molecule has 4 fully saturated rings. The van der Waals surface area contributed by atoms with E-state index in [0.29, 0.717) is 30.3 Å². The molecule has 34 heavy (non-hydrogen) atoms. The molecule has 1 aromatic heterocycles. The second kappa shape index (κ2) is 10.1. The molecular formula is C27H35N3O4. The smallest absolute Gasteiger partial charge is 0.316 e. The highest BCUT2D eigenvalue weighted by Gasteiger charge is 2.62. The molecule has 7 atom stereocenters. The van der Waals surface area contributed by atoms with E-state index in [1.807, 2.05) is 48.8 Å². The van der Waals surface area contributed by atoms with Crippen LogP contribution < -0.4 is 0 Å². The zero-order valence-corrected chi connectivity index (χ0v) is 20.0. The molecule has 4 aliphatic heterocycles. The number of nitrogens with zero attached hydrogens (tertiary/aromatic N) is 3. The van der Waals surface area contributed by atoms with Gasteiger partial charge in [0.15, 0.2) is 0 Å². The molecule has 0 spiro atoms. The number of likely N-dealkylation sites (N-methyl/N-ethyl adjacent to an activating group) is 1. The number of carbonyl (C=O) groups is 1. The van der Waals surface area contributed by atoms with Crippen molar-refractivity contribution in [2.24, 2.45) is 0 Å². The summed E-state index contributed by atoms with van der Waals surface area (Å²) < 4.78 is 11.4. The number of aliphatic hydroxyl groups is 1. The highest BCUT2D eigenvalue weighted by Crippen LogP contribution is 2.48. The summed E-state index contributed by atoms with van der Waals surface area (Å²) in [6.45, 7) is 0.996. The van der Waals surface area contributed by atoms with Gasteiger partial charge in [0.05, 0.1) is 6.61 Å². The minimum absolute atomic E-state index is 0.0622. The number of piperidine rings is 1. The summed E-state index contributed by atoms with van der Waals surface area (Å²) in [4.78, 5) is 21.3. The van der Waals surface area contributed by atoms with Crippen molar-refractivity contribution in [2.75, 3.05) is 27.2 Å². The molecule has 0 radical (unpaired) electrons. The van der Waals surface area contributed by atoms with Gasteiger partial charge in [0.25, 0.3) is 0 Å². The fraction of sp³-hybridized carbons (Fsp3) is 0.556. The molecule has 6 rings (SSSR count). The van der Waals surface area contributed by atoms with Crippen LogP contribution in [0.15, 0.2) is 54.9 Å². The number of ether oxygens (including phenoxy) is 2. The van der Waals surface area contributed by atoms with E-state index in [1.54, 1.807) is 0 Å². The predicted octanol–water partition coefficient (Wildman–Crippen LogP) is 2.77. The van der Waals surface area contributed by atoms with Gasteiger partial charge in [0, 0.05) is 43.4 Å². The fourth-order valence-electron chi connectivity index (χ4n) is 5.95. The van der Waals surface area contributed by atoms with Crippen LogP contribution in [0.4, 0.5) is 0 Å². The van der Waals surface area contributed by atoms with Crippen molar-refractivity contribution in [3.63, 3.8) is 0 Å². The lowest BCUT2D eigenvalue weighted by Gasteiger charge is -2.38. The number of likely N-dealkylation sites (tertiary alicyclic amines) is 1. The van der Waals surface area contributed by atoms with Crippen LogP contribution in [-0.2, 0) is 14.3 Å². The molecular weight excluding hydrogens is 430 g/mol. The van der Waals surface area contributed by atoms with Crippen LogP contribution in [0.1, 0.15) is 48.8 Å². The Kier molecular flexibility index (Phi) is 6.97. The molecule has 0 saturated carbocycles. The molecule has 0 aliphatic carbocycles. The van der Waals surface area contributed by atoms with E-state index in [2.05, 4.69) is 34.9 Å². The standard InChI is InChI=1S/C17H21NO4.C10H14N2/c1-18-13-7-11(8-14(18)16-15(13)22-16)21-17(20)12(9-19)10-5-3-2-4-6-10;1-12-7-3-5-10(12)9-4-2-6-11-8-9/h2-6,11-16,19H,7-9H2,1H3;2,4,6,8,10H,3,5,7H2,1H3/t11?,12-,13-,14+,15-,16+;10-/m10/s1. The van der Waals surface area contributed by atoms with Crippen molar-refractivity contribution in [1.82, 2.24) is 14.8 Å². The van der Waals surface area contributed by atoms with Gasteiger partial charge < -0.3 is 14.6 Å². The number of aromatic nitrogens is 1. The van der Waals surface area contributed by atoms with Gasteiger partial charge in [-0.2, -0.15) is 0 Å². The van der Waals surface area contributed by atoms with Gasteiger partial charge in [-0.25, -0.2) is 0 Å². The van der Waals surface area contributed by atoms with Crippen molar-refractivity contribution in [3.05, 3.63) is 66.0 Å². The van der Waals surface area contributed by atoms with Crippen molar-refractivity contribution in [3.8, 4) is 0 Å². The van der Waals surface area contributed by atoms with E-state index >= 15 is 0 Å². The quantitative estimate of drug-likeness (QED) is 0.537. The van der Waals surface area contributed by atoms with E-state index in [-0.39, 0.29) is 18.7 Å². The summed E-state index contributed by atoms with van der Waals surface area (Å²) in [5.41, 5.74) is 2.16. The number of carbonyl (C=O) groups excluding carboxylic acids is 1. The third-order valence-corrected chi connectivity index (χ3v) is 7.92. The topological polar surface area (TPSA) is 78.4 Å². The van der Waals surface area contributed by atoms with E-state index < -0.39 is 5.92 Å². The van der Waals surface area contributed by atoms with Crippen molar-refractivity contribution < 1.29 is 19.4 Å². The Bertz CT molecular complexity index is 941. The summed E-state index contributed by atoms with van der Waals surface area (Å²) in [5, 5.41) is 9.56. The number of pyridine rings is 1. The van der Waals surface area contributed by atoms with Crippen molar-refractivity contribution in [2.45, 2.75) is 68.0 Å². The molecule has 0 amide bonds. The number of rotatable bonds is 5. The minimum atomic E-state index is -0.593. The maximum absolute atomic E-state index is 12.4. The van der Waals surface area contributed by atoms with E-state index in [4.69, 9.17) is 9.47 Å². The Morgan fingerprint density at radius 1 is 1.15 bits per heavy atom. The third kappa shape index (κ3) is 4.75. The molecule has 182 valence electrons. The first-order valence-electron chi connectivity index (χ1n) is 12.4. The Morgan fingerprint density at radius 3 is 2.47 bits per heavy atom. The monoisotopic (exact) mass is 465 g/mol. The molecule has 7 nitrogen and oxygen atoms in total. The fourth-order valence-corrected chi connectivity index (χ4v) is 5.95. The Morgan fingerprint density at radius 2 is 1.88 bits per heavy atom. The van der Waals surface area contributed by atoms with Gasteiger partial charge in [-0.1, -0.05) is 36.4 Å². The zero-order valence-electron chi connectivity index (χ0n) is 20.0. The summed E-state index contributed by atoms with van der Waals surface area (Å²) in [6.07, 6.45) is 8.67. The van der Waals surface area contributed by atoms with E-state index in [1.165, 1.54) is 24.9 Å². The highest BCUT2D eigenvalue weighted by molar-refractivity contribution is 5.78. The first kappa shape index (κ1) is 23.4. The van der Waals surface area contributed by atoms with Crippen LogP contribution in [0.5, 0.6) is 0 Å². The number of aliphatic hydroxyl groups excluding tert-OH is 1.